The predicted molar refractivity (Wildman–Crippen MR) is 62.4 cm³/mol. The fourth-order valence-electron chi connectivity index (χ4n) is 1.34. The molecule has 3 aromatic rings. The van der Waals surface area contributed by atoms with Gasteiger partial charge in [-0.25, -0.2) is 4.68 Å². The maximum Gasteiger partial charge on any atom is 0.343 e. The van der Waals surface area contributed by atoms with Gasteiger partial charge in [-0.15, -0.1) is 5.10 Å². The van der Waals surface area contributed by atoms with Gasteiger partial charge in [0.1, 0.15) is 6.33 Å². The van der Waals surface area contributed by atoms with Gasteiger partial charge in [0.25, 0.3) is 5.95 Å². The highest BCUT2D eigenvalue weighted by molar-refractivity contribution is 5.25. The zero-order valence-corrected chi connectivity index (χ0v) is 9.87. The molecule has 0 aliphatic rings. The van der Waals surface area contributed by atoms with E-state index < -0.39 is 0 Å². The van der Waals surface area contributed by atoms with E-state index in [1.54, 1.807) is 25.5 Å². The van der Waals surface area contributed by atoms with Crippen LogP contribution in [-0.2, 0) is 7.05 Å². The lowest BCUT2D eigenvalue weighted by Crippen LogP contribution is -2.08. The summed E-state index contributed by atoms with van der Waals surface area (Å²) >= 11 is 0. The van der Waals surface area contributed by atoms with E-state index in [4.69, 9.17) is 10.5 Å². The summed E-state index contributed by atoms with van der Waals surface area (Å²) in [5.41, 5.74) is 5.60. The van der Waals surface area contributed by atoms with Crippen molar-refractivity contribution in [2.24, 2.45) is 7.05 Å². The van der Waals surface area contributed by atoms with E-state index in [2.05, 4.69) is 30.1 Å². The van der Waals surface area contributed by atoms with Crippen LogP contribution in [0.5, 0.6) is 12.0 Å². The van der Waals surface area contributed by atoms with Gasteiger partial charge in [0.05, 0.1) is 0 Å². The van der Waals surface area contributed by atoms with Gasteiger partial charge in [0.2, 0.25) is 5.95 Å². The summed E-state index contributed by atoms with van der Waals surface area (Å²) < 4.78 is 8.23. The number of anilines is 1. The van der Waals surface area contributed by atoms with E-state index in [1.165, 1.54) is 15.7 Å². The second-order valence-electron chi connectivity index (χ2n) is 3.53. The molecule has 3 aromatic heterocycles. The third-order valence-corrected chi connectivity index (χ3v) is 2.09. The van der Waals surface area contributed by atoms with Gasteiger partial charge in [0.15, 0.2) is 0 Å². The van der Waals surface area contributed by atoms with E-state index in [9.17, 15) is 0 Å². The Kier molecular flexibility index (Phi) is 2.52. The smallest absolute Gasteiger partial charge is 0.343 e. The molecule has 2 N–H and O–H groups in total. The molecular formula is C9H9N9O. The number of nitrogens with two attached hydrogens (primary N) is 1. The molecule has 0 radical (unpaired) electrons. The lowest BCUT2D eigenvalue weighted by Gasteiger charge is -2.03. The van der Waals surface area contributed by atoms with Crippen LogP contribution in [0.1, 0.15) is 0 Å². The third kappa shape index (κ3) is 2.31. The minimum atomic E-state index is 0.00389. The molecule has 19 heavy (non-hydrogen) atoms. The van der Waals surface area contributed by atoms with Crippen molar-refractivity contribution < 1.29 is 4.74 Å². The number of ether oxygens (including phenoxy) is 1. The maximum atomic E-state index is 5.60. The molecule has 0 spiro atoms. The third-order valence-electron chi connectivity index (χ3n) is 2.09. The van der Waals surface area contributed by atoms with Gasteiger partial charge >= 0.3 is 12.0 Å². The molecule has 10 heteroatoms. The Bertz CT molecular complexity index is 690. The predicted octanol–water partition coefficient (Wildman–Crippen LogP) is -0.440. The summed E-state index contributed by atoms with van der Waals surface area (Å²) in [5.74, 6) is 0.273. The Morgan fingerprint density at radius 1 is 1.21 bits per heavy atom. The number of rotatable bonds is 3. The monoisotopic (exact) mass is 259 g/mol. The highest BCUT2D eigenvalue weighted by atomic mass is 16.5. The Balaban J connectivity index is 1.94. The molecule has 0 atom stereocenters. The Morgan fingerprint density at radius 2 is 2.11 bits per heavy atom. The second kappa shape index (κ2) is 4.33. The standard InChI is InChI=1S/C9H9N9O/c1-17-5-11-8(16-17)19-9-14-6(10)13-7(15-9)18-4-2-3-12-18/h2-5H,1H3,(H2,10,13,14,15). The van der Waals surface area contributed by atoms with E-state index >= 15 is 0 Å². The van der Waals surface area contributed by atoms with E-state index in [0.717, 1.165) is 0 Å². The fraction of sp³-hybridized carbons (Fsp3) is 0.111. The van der Waals surface area contributed by atoms with Crippen molar-refractivity contribution in [1.29, 1.82) is 0 Å². The van der Waals surface area contributed by atoms with Crippen molar-refractivity contribution in [1.82, 2.24) is 39.5 Å². The number of nitrogen functional groups attached to an aromatic ring is 1. The molecule has 0 unspecified atom stereocenters. The van der Waals surface area contributed by atoms with Gasteiger partial charge in [0, 0.05) is 19.4 Å². The van der Waals surface area contributed by atoms with Crippen LogP contribution in [0, 0.1) is 0 Å². The number of hydrogen-bond acceptors (Lipinski definition) is 8. The zero-order valence-electron chi connectivity index (χ0n) is 9.87. The minimum Gasteiger partial charge on any atom is -0.387 e. The van der Waals surface area contributed by atoms with Crippen molar-refractivity contribution in [3.05, 3.63) is 24.8 Å². The molecule has 0 amide bonds. The molecule has 0 aliphatic heterocycles. The summed E-state index contributed by atoms with van der Waals surface area (Å²) in [6.45, 7) is 0. The summed E-state index contributed by atoms with van der Waals surface area (Å²) in [4.78, 5) is 15.8. The number of aryl methyl sites for hydroxylation is 1. The largest absolute Gasteiger partial charge is 0.387 e. The number of hydrogen-bond donors (Lipinski definition) is 1. The number of aromatic nitrogens is 8. The van der Waals surface area contributed by atoms with Crippen LogP contribution in [0.2, 0.25) is 0 Å². The van der Waals surface area contributed by atoms with Crippen LogP contribution in [0.3, 0.4) is 0 Å². The van der Waals surface area contributed by atoms with Crippen LogP contribution in [0.25, 0.3) is 5.95 Å². The van der Waals surface area contributed by atoms with Crippen LogP contribution >= 0.6 is 0 Å². The van der Waals surface area contributed by atoms with Gasteiger partial charge in [-0.05, 0) is 6.07 Å². The van der Waals surface area contributed by atoms with Crippen molar-refractivity contribution in [3.63, 3.8) is 0 Å². The minimum absolute atomic E-state index is 0.00389. The van der Waals surface area contributed by atoms with Crippen molar-refractivity contribution in [2.45, 2.75) is 0 Å². The lowest BCUT2D eigenvalue weighted by molar-refractivity contribution is 0.402. The topological polar surface area (TPSA) is 122 Å². The molecule has 0 saturated carbocycles. The van der Waals surface area contributed by atoms with Gasteiger partial charge in [-0.1, -0.05) is 0 Å². The summed E-state index contributed by atoms with van der Waals surface area (Å²) in [5, 5.41) is 7.94. The molecule has 0 fully saturated rings. The summed E-state index contributed by atoms with van der Waals surface area (Å²) in [7, 11) is 1.72. The molecule has 0 aliphatic carbocycles. The summed E-state index contributed by atoms with van der Waals surface area (Å²) in [6, 6.07) is 1.87. The van der Waals surface area contributed by atoms with Crippen LogP contribution in [0.15, 0.2) is 24.8 Å². The van der Waals surface area contributed by atoms with Crippen LogP contribution in [-0.4, -0.2) is 39.5 Å². The van der Waals surface area contributed by atoms with Gasteiger partial charge in [-0.2, -0.15) is 25.0 Å². The normalized spacial score (nSPS) is 10.6. The first-order valence-corrected chi connectivity index (χ1v) is 5.26. The average Bonchev–Trinajstić information content (AvgIpc) is 3.00. The molecule has 0 saturated heterocycles. The Labute approximate surface area is 106 Å². The van der Waals surface area contributed by atoms with Crippen LogP contribution in [0.4, 0.5) is 5.95 Å². The summed E-state index contributed by atoms with van der Waals surface area (Å²) in [6.07, 6.45) is 4.77. The van der Waals surface area contributed by atoms with E-state index in [0.29, 0.717) is 0 Å². The van der Waals surface area contributed by atoms with E-state index in [1.807, 2.05) is 0 Å². The fourth-order valence-corrected chi connectivity index (χ4v) is 1.34. The quantitative estimate of drug-likeness (QED) is 0.671. The Hall–Kier alpha value is -3.04. The van der Waals surface area contributed by atoms with Crippen molar-refractivity contribution in [2.75, 3.05) is 5.73 Å². The molecular weight excluding hydrogens is 250 g/mol. The lowest BCUT2D eigenvalue weighted by atomic mass is 10.7. The first-order valence-electron chi connectivity index (χ1n) is 5.26. The van der Waals surface area contributed by atoms with E-state index in [-0.39, 0.29) is 23.9 Å². The highest BCUT2D eigenvalue weighted by Gasteiger charge is 2.10. The Morgan fingerprint density at radius 3 is 2.79 bits per heavy atom. The molecule has 3 rings (SSSR count). The molecule has 3 heterocycles. The first-order chi connectivity index (χ1) is 9.20. The molecule has 96 valence electrons. The molecule has 0 bridgehead atoms. The van der Waals surface area contributed by atoms with Crippen molar-refractivity contribution >= 4 is 5.95 Å². The highest BCUT2D eigenvalue weighted by Crippen LogP contribution is 2.13. The van der Waals surface area contributed by atoms with Gasteiger partial charge in [-0.3, -0.25) is 4.68 Å². The molecule has 0 aromatic carbocycles. The number of nitrogens with zero attached hydrogens (tertiary/aromatic N) is 8. The maximum absolute atomic E-state index is 5.60. The van der Waals surface area contributed by atoms with Gasteiger partial charge < -0.3 is 10.5 Å². The van der Waals surface area contributed by atoms with Crippen molar-refractivity contribution in [3.8, 4) is 18.0 Å². The zero-order chi connectivity index (χ0) is 13.2. The SMILES string of the molecule is Cn1cnc(Oc2nc(N)nc(-n3cccn3)n2)n1. The first kappa shape index (κ1) is 11.1. The van der Waals surface area contributed by atoms with Crippen LogP contribution < -0.4 is 10.5 Å². The molecule has 10 nitrogen and oxygen atoms in total. The average molecular weight is 259 g/mol. The second-order valence-corrected chi connectivity index (χ2v) is 3.53.